The number of rotatable bonds is 4. The van der Waals surface area contributed by atoms with Gasteiger partial charge in [-0.3, -0.25) is 0 Å². The van der Waals surface area contributed by atoms with Crippen LogP contribution in [0.5, 0.6) is 0 Å². The van der Waals surface area contributed by atoms with Gasteiger partial charge >= 0.3 is 0 Å². The molecule has 0 aromatic rings. The second-order valence-corrected chi connectivity index (χ2v) is 3.29. The van der Waals surface area contributed by atoms with Gasteiger partial charge in [0.15, 0.2) is 0 Å². The molecule has 88 valence electrons. The molecule has 15 heavy (non-hydrogen) atoms. The standard InChI is InChI=1S/C10H18O.HNO3/c1-9(2)5-4-6-10(3)7-8-11;2-1(3)4/h5,7,11H,4,6,8H2,1-3H3;(H,2,3,4)/b10-7+;. The summed E-state index contributed by atoms with van der Waals surface area (Å²) < 4.78 is 0. The molecule has 0 saturated heterocycles. The maximum absolute atomic E-state index is 8.55. The molecular weight excluding hydrogens is 198 g/mol. The van der Waals surface area contributed by atoms with E-state index in [0.717, 1.165) is 12.8 Å². The minimum Gasteiger partial charge on any atom is -0.392 e. The lowest BCUT2D eigenvalue weighted by molar-refractivity contribution is -0.742. The number of hydrogen-bond acceptors (Lipinski definition) is 3. The molecule has 5 heteroatoms. The van der Waals surface area contributed by atoms with Crippen molar-refractivity contribution in [1.29, 1.82) is 0 Å². The third-order valence-electron chi connectivity index (χ3n) is 1.53. The van der Waals surface area contributed by atoms with Gasteiger partial charge in [0.25, 0.3) is 5.09 Å². The van der Waals surface area contributed by atoms with E-state index in [0.29, 0.717) is 0 Å². The fourth-order valence-corrected chi connectivity index (χ4v) is 0.846. The van der Waals surface area contributed by atoms with Gasteiger partial charge in [-0.05, 0) is 33.6 Å². The van der Waals surface area contributed by atoms with Crippen molar-refractivity contribution in [2.24, 2.45) is 0 Å². The molecule has 0 spiro atoms. The number of nitrogens with zero attached hydrogens (tertiary/aromatic N) is 1. The largest absolute Gasteiger partial charge is 0.392 e. The summed E-state index contributed by atoms with van der Waals surface area (Å²) in [6.07, 6.45) is 6.23. The summed E-state index contributed by atoms with van der Waals surface area (Å²) in [5.41, 5.74) is 2.63. The summed E-state index contributed by atoms with van der Waals surface area (Å²) in [5.74, 6) is 0. The number of allylic oxidation sites excluding steroid dienone is 3. The van der Waals surface area contributed by atoms with E-state index < -0.39 is 5.09 Å². The van der Waals surface area contributed by atoms with Crippen molar-refractivity contribution in [3.8, 4) is 0 Å². The average Bonchev–Trinajstić information content (AvgIpc) is 2.02. The number of aliphatic hydroxyl groups excluding tert-OH is 1. The van der Waals surface area contributed by atoms with Gasteiger partial charge in [0.05, 0.1) is 6.61 Å². The number of hydrogen-bond donors (Lipinski definition) is 2. The summed E-state index contributed by atoms with van der Waals surface area (Å²) in [4.78, 5) is 8.36. The van der Waals surface area contributed by atoms with Crippen LogP contribution in [-0.4, -0.2) is 22.0 Å². The van der Waals surface area contributed by atoms with Crippen LogP contribution in [0.4, 0.5) is 0 Å². The summed E-state index contributed by atoms with van der Waals surface area (Å²) >= 11 is 0. The second kappa shape index (κ2) is 10.7. The average molecular weight is 217 g/mol. The molecule has 0 aliphatic heterocycles. The third-order valence-corrected chi connectivity index (χ3v) is 1.53. The highest BCUT2D eigenvalue weighted by Gasteiger charge is 1.86. The van der Waals surface area contributed by atoms with Crippen molar-refractivity contribution >= 4 is 0 Å². The van der Waals surface area contributed by atoms with E-state index in [2.05, 4.69) is 26.8 Å². The molecule has 0 fully saturated rings. The molecule has 0 aliphatic carbocycles. The fraction of sp³-hybridized carbons (Fsp3) is 0.600. The van der Waals surface area contributed by atoms with E-state index in [4.69, 9.17) is 20.4 Å². The first-order chi connectivity index (χ1) is 6.90. The molecule has 0 atom stereocenters. The summed E-state index contributed by atoms with van der Waals surface area (Å²) in [7, 11) is 0. The lowest BCUT2D eigenvalue weighted by Gasteiger charge is -1.96. The first kappa shape index (κ1) is 16.1. The Morgan fingerprint density at radius 3 is 2.13 bits per heavy atom. The molecule has 0 heterocycles. The molecule has 0 aliphatic rings. The highest BCUT2D eigenvalue weighted by Crippen LogP contribution is 2.05. The summed E-state index contributed by atoms with van der Waals surface area (Å²) in [6.45, 7) is 6.42. The first-order valence-corrected chi connectivity index (χ1v) is 4.63. The van der Waals surface area contributed by atoms with Crippen molar-refractivity contribution < 1.29 is 15.4 Å². The predicted octanol–water partition coefficient (Wildman–Crippen LogP) is 2.32. The van der Waals surface area contributed by atoms with Crippen LogP contribution in [0, 0.1) is 10.1 Å². The van der Waals surface area contributed by atoms with Crippen LogP contribution >= 0.6 is 0 Å². The SMILES string of the molecule is CC(C)=CCC/C(C)=C/CO.O=[N+]([O-])O. The van der Waals surface area contributed by atoms with Crippen LogP contribution in [0.2, 0.25) is 0 Å². The van der Waals surface area contributed by atoms with Gasteiger partial charge in [-0.2, -0.15) is 0 Å². The Morgan fingerprint density at radius 1 is 1.33 bits per heavy atom. The Labute approximate surface area is 89.8 Å². The molecule has 0 radical (unpaired) electrons. The summed E-state index contributed by atoms with van der Waals surface area (Å²) in [6, 6.07) is 0. The lowest BCUT2D eigenvalue weighted by Crippen LogP contribution is -1.81. The van der Waals surface area contributed by atoms with Crippen LogP contribution in [0.1, 0.15) is 33.6 Å². The van der Waals surface area contributed by atoms with Crippen LogP contribution in [0.25, 0.3) is 0 Å². The predicted molar refractivity (Wildman–Crippen MR) is 58.3 cm³/mol. The van der Waals surface area contributed by atoms with Crippen molar-refractivity contribution in [3.05, 3.63) is 33.4 Å². The maximum atomic E-state index is 8.55. The quantitative estimate of drug-likeness (QED) is 0.430. The smallest absolute Gasteiger partial charge is 0.291 e. The number of aliphatic hydroxyl groups is 1. The maximum Gasteiger partial charge on any atom is 0.291 e. The van der Waals surface area contributed by atoms with Crippen LogP contribution < -0.4 is 0 Å². The third kappa shape index (κ3) is 24.5. The Balaban J connectivity index is 0. The van der Waals surface area contributed by atoms with Gasteiger partial charge in [0.1, 0.15) is 0 Å². The Bertz CT molecular complexity index is 226. The van der Waals surface area contributed by atoms with Crippen LogP contribution in [0.15, 0.2) is 23.3 Å². The zero-order chi connectivity index (χ0) is 12.3. The minimum absolute atomic E-state index is 0.167. The molecule has 0 aromatic carbocycles. The van der Waals surface area contributed by atoms with Crippen molar-refractivity contribution in [2.45, 2.75) is 33.6 Å². The summed E-state index contributed by atoms with van der Waals surface area (Å²) in [5, 5.41) is 22.2. The van der Waals surface area contributed by atoms with E-state index in [-0.39, 0.29) is 6.61 Å². The molecule has 5 nitrogen and oxygen atoms in total. The van der Waals surface area contributed by atoms with Gasteiger partial charge in [0.2, 0.25) is 0 Å². The van der Waals surface area contributed by atoms with Crippen molar-refractivity contribution in [1.82, 2.24) is 0 Å². The minimum atomic E-state index is -1.50. The van der Waals surface area contributed by atoms with Gasteiger partial charge in [-0.1, -0.05) is 23.3 Å². The lowest BCUT2D eigenvalue weighted by atomic mass is 10.1. The van der Waals surface area contributed by atoms with Gasteiger partial charge in [-0.15, -0.1) is 10.1 Å². The van der Waals surface area contributed by atoms with E-state index >= 15 is 0 Å². The topological polar surface area (TPSA) is 83.6 Å². The molecule has 0 unspecified atom stereocenters. The molecular formula is C10H19NO4. The zero-order valence-corrected chi connectivity index (χ0v) is 9.43. The highest BCUT2D eigenvalue weighted by atomic mass is 16.9. The van der Waals surface area contributed by atoms with E-state index in [1.807, 2.05) is 6.08 Å². The van der Waals surface area contributed by atoms with Crippen LogP contribution in [-0.2, 0) is 0 Å². The first-order valence-electron chi connectivity index (χ1n) is 4.63. The molecule has 2 N–H and O–H groups in total. The van der Waals surface area contributed by atoms with Gasteiger partial charge in [-0.25, -0.2) is 0 Å². The molecule has 0 amide bonds. The van der Waals surface area contributed by atoms with E-state index in [1.165, 1.54) is 11.1 Å². The molecule has 0 aromatic heterocycles. The van der Waals surface area contributed by atoms with Crippen molar-refractivity contribution in [2.75, 3.05) is 6.61 Å². The highest BCUT2D eigenvalue weighted by molar-refractivity contribution is 5.01. The zero-order valence-electron chi connectivity index (χ0n) is 9.43. The normalized spacial score (nSPS) is 10.0. The Kier molecular flexibility index (Phi) is 11.5. The van der Waals surface area contributed by atoms with E-state index in [9.17, 15) is 0 Å². The van der Waals surface area contributed by atoms with Crippen molar-refractivity contribution in [3.63, 3.8) is 0 Å². The van der Waals surface area contributed by atoms with Crippen LogP contribution in [0.3, 0.4) is 0 Å². The fourth-order valence-electron chi connectivity index (χ4n) is 0.846. The molecule has 0 rings (SSSR count). The Hall–Kier alpha value is -1.36. The van der Waals surface area contributed by atoms with Gasteiger partial charge in [0, 0.05) is 0 Å². The molecule has 0 bridgehead atoms. The molecule has 0 saturated carbocycles. The van der Waals surface area contributed by atoms with Gasteiger partial charge < -0.3 is 10.3 Å². The van der Waals surface area contributed by atoms with E-state index in [1.54, 1.807) is 0 Å². The Morgan fingerprint density at radius 2 is 1.80 bits per heavy atom. The monoisotopic (exact) mass is 217 g/mol. The second-order valence-electron chi connectivity index (χ2n) is 3.29.